The third kappa shape index (κ3) is 7.39. The minimum atomic E-state index is 0. The molecule has 0 amide bonds. The second-order valence-electron chi connectivity index (χ2n) is 5.04. The molecule has 0 spiro atoms. The highest BCUT2D eigenvalue weighted by Gasteiger charge is 2.15. The lowest BCUT2D eigenvalue weighted by atomic mass is 9.96. The molecule has 0 saturated carbocycles. The van der Waals surface area contributed by atoms with Crippen LogP contribution in [0, 0.1) is 0 Å². The molecule has 3 heteroatoms. The summed E-state index contributed by atoms with van der Waals surface area (Å²) in [5, 5.41) is 4.28. The van der Waals surface area contributed by atoms with Gasteiger partial charge in [0.1, 0.15) is 0 Å². The van der Waals surface area contributed by atoms with Crippen LogP contribution in [0.3, 0.4) is 0 Å². The summed E-state index contributed by atoms with van der Waals surface area (Å²) in [6.07, 6.45) is 2.16. The Morgan fingerprint density at radius 1 is 1.18 bits per heavy atom. The first-order valence-electron chi connectivity index (χ1n) is 5.82. The van der Waals surface area contributed by atoms with Gasteiger partial charge in [-0.05, 0) is 46.1 Å². The van der Waals surface area contributed by atoms with Crippen molar-refractivity contribution >= 4 is 28.8 Å². The van der Waals surface area contributed by atoms with Crippen LogP contribution >= 0.6 is 0 Å². The van der Waals surface area contributed by atoms with Crippen molar-refractivity contribution in [1.82, 2.24) is 5.43 Å². The van der Waals surface area contributed by atoms with Crippen LogP contribution in [0.5, 0.6) is 0 Å². The van der Waals surface area contributed by atoms with Crippen molar-refractivity contribution in [2.24, 2.45) is 5.10 Å². The summed E-state index contributed by atoms with van der Waals surface area (Å²) in [5.41, 5.74) is 5.71. The Bertz CT molecular complexity index is 340. The van der Waals surface area contributed by atoms with Gasteiger partial charge in [0.25, 0.3) is 0 Å². The molecule has 0 saturated heterocycles. The van der Waals surface area contributed by atoms with Gasteiger partial charge in [-0.25, -0.2) is 0 Å². The van der Waals surface area contributed by atoms with Crippen molar-refractivity contribution in [3.8, 4) is 0 Å². The standard InChI is InChI=1S/C14H22N2.Mg/c1-12(2)15-16-14(3,4)11-10-13-8-6-5-7-9-13;/h5-9,16H,10-11H2,1-4H3;. The van der Waals surface area contributed by atoms with Gasteiger partial charge < -0.3 is 5.43 Å². The minimum Gasteiger partial charge on any atom is -0.305 e. The Labute approximate surface area is 121 Å². The van der Waals surface area contributed by atoms with Gasteiger partial charge in [-0.3, -0.25) is 0 Å². The summed E-state index contributed by atoms with van der Waals surface area (Å²) in [5.74, 6) is 0. The fourth-order valence-corrected chi connectivity index (χ4v) is 1.42. The first-order valence-corrected chi connectivity index (χ1v) is 5.82. The van der Waals surface area contributed by atoms with Crippen molar-refractivity contribution in [3.63, 3.8) is 0 Å². The maximum absolute atomic E-state index is 4.28. The largest absolute Gasteiger partial charge is 0.305 e. The van der Waals surface area contributed by atoms with E-state index < -0.39 is 0 Å². The molecule has 2 radical (unpaired) electrons. The van der Waals surface area contributed by atoms with Gasteiger partial charge in [0.05, 0.1) is 0 Å². The summed E-state index contributed by atoms with van der Waals surface area (Å²) < 4.78 is 0. The molecule has 0 atom stereocenters. The van der Waals surface area contributed by atoms with E-state index in [0.29, 0.717) is 0 Å². The third-order valence-electron chi connectivity index (χ3n) is 2.46. The lowest BCUT2D eigenvalue weighted by molar-refractivity contribution is 0.372. The Hall–Kier alpha value is -0.544. The molecule has 1 N–H and O–H groups in total. The highest BCUT2D eigenvalue weighted by molar-refractivity contribution is 5.78. The maximum atomic E-state index is 4.28. The van der Waals surface area contributed by atoms with E-state index in [4.69, 9.17) is 0 Å². The quantitative estimate of drug-likeness (QED) is 0.479. The van der Waals surface area contributed by atoms with E-state index in [1.807, 2.05) is 13.8 Å². The second-order valence-corrected chi connectivity index (χ2v) is 5.04. The van der Waals surface area contributed by atoms with Gasteiger partial charge in [-0.1, -0.05) is 30.3 Å². The molecule has 2 nitrogen and oxygen atoms in total. The average Bonchev–Trinajstić information content (AvgIpc) is 2.26. The smallest absolute Gasteiger partial charge is 0.0496 e. The van der Waals surface area contributed by atoms with E-state index in [1.165, 1.54) is 5.56 Å². The van der Waals surface area contributed by atoms with Crippen LogP contribution in [0.4, 0.5) is 0 Å². The number of nitrogens with zero attached hydrogens (tertiary/aromatic N) is 1. The molecule has 0 heterocycles. The number of hydrogen-bond acceptors (Lipinski definition) is 2. The van der Waals surface area contributed by atoms with E-state index >= 15 is 0 Å². The predicted octanol–water partition coefficient (Wildman–Crippen LogP) is 3.00. The molecule has 0 aromatic heterocycles. The molecule has 0 aliphatic heterocycles. The number of benzene rings is 1. The Morgan fingerprint density at radius 3 is 2.29 bits per heavy atom. The molecule has 1 aromatic rings. The topological polar surface area (TPSA) is 24.4 Å². The van der Waals surface area contributed by atoms with Crippen LogP contribution < -0.4 is 5.43 Å². The lowest BCUT2D eigenvalue weighted by Gasteiger charge is -2.24. The van der Waals surface area contributed by atoms with Crippen molar-refractivity contribution in [1.29, 1.82) is 0 Å². The van der Waals surface area contributed by atoms with Crippen LogP contribution in [0.1, 0.15) is 39.7 Å². The zero-order chi connectivity index (χ0) is 12.0. The molecule has 0 aliphatic rings. The molecular weight excluding hydrogens is 220 g/mol. The van der Waals surface area contributed by atoms with E-state index in [9.17, 15) is 0 Å². The normalized spacial score (nSPS) is 10.4. The first-order chi connectivity index (χ1) is 7.49. The molecule has 0 unspecified atom stereocenters. The van der Waals surface area contributed by atoms with E-state index in [1.54, 1.807) is 0 Å². The van der Waals surface area contributed by atoms with Crippen molar-refractivity contribution < 1.29 is 0 Å². The maximum Gasteiger partial charge on any atom is 0.0496 e. The van der Waals surface area contributed by atoms with Crippen LogP contribution in [0.25, 0.3) is 0 Å². The Kier molecular flexibility index (Phi) is 7.47. The van der Waals surface area contributed by atoms with E-state index in [0.717, 1.165) is 18.6 Å². The van der Waals surface area contributed by atoms with Gasteiger partial charge in [0.2, 0.25) is 0 Å². The summed E-state index contributed by atoms with van der Waals surface area (Å²) in [6, 6.07) is 10.6. The van der Waals surface area contributed by atoms with E-state index in [-0.39, 0.29) is 28.6 Å². The number of nitrogens with one attached hydrogen (secondary N) is 1. The summed E-state index contributed by atoms with van der Waals surface area (Å²) >= 11 is 0. The third-order valence-corrected chi connectivity index (χ3v) is 2.46. The van der Waals surface area contributed by atoms with Crippen LogP contribution in [-0.2, 0) is 6.42 Å². The molecule has 1 aromatic carbocycles. The first kappa shape index (κ1) is 16.5. The Morgan fingerprint density at radius 2 is 1.76 bits per heavy atom. The van der Waals surface area contributed by atoms with Gasteiger partial charge in [-0.15, -0.1) is 0 Å². The molecule has 0 aliphatic carbocycles. The minimum absolute atomic E-state index is 0. The van der Waals surface area contributed by atoms with E-state index in [2.05, 4.69) is 54.7 Å². The van der Waals surface area contributed by atoms with Gasteiger partial charge in [0, 0.05) is 34.3 Å². The second kappa shape index (κ2) is 7.72. The number of hydrogen-bond donors (Lipinski definition) is 1. The number of rotatable bonds is 5. The zero-order valence-corrected chi connectivity index (χ0v) is 12.9. The number of hydrazone groups is 1. The molecule has 1 rings (SSSR count). The molecule has 0 bridgehead atoms. The molecule has 17 heavy (non-hydrogen) atoms. The Balaban J connectivity index is 0.00000256. The van der Waals surface area contributed by atoms with Crippen LogP contribution in [-0.4, -0.2) is 34.3 Å². The molecular formula is C14H22MgN2. The van der Waals surface area contributed by atoms with Crippen molar-refractivity contribution in [2.45, 2.75) is 46.1 Å². The summed E-state index contributed by atoms with van der Waals surface area (Å²) in [4.78, 5) is 0. The zero-order valence-electron chi connectivity index (χ0n) is 11.5. The number of aryl methyl sites for hydroxylation is 1. The fourth-order valence-electron chi connectivity index (χ4n) is 1.42. The lowest BCUT2D eigenvalue weighted by Crippen LogP contribution is -2.36. The van der Waals surface area contributed by atoms with Crippen molar-refractivity contribution in [2.75, 3.05) is 0 Å². The predicted molar refractivity (Wildman–Crippen MR) is 76.5 cm³/mol. The highest BCUT2D eigenvalue weighted by Crippen LogP contribution is 2.13. The SMILES string of the molecule is CC(C)=NNC(C)(C)CCc1ccccc1.[Mg]. The average molecular weight is 243 g/mol. The van der Waals surface area contributed by atoms with Gasteiger partial charge >= 0.3 is 0 Å². The summed E-state index contributed by atoms with van der Waals surface area (Å²) in [6.45, 7) is 8.37. The highest BCUT2D eigenvalue weighted by atomic mass is 24.3. The van der Waals surface area contributed by atoms with Crippen LogP contribution in [0.2, 0.25) is 0 Å². The van der Waals surface area contributed by atoms with Crippen LogP contribution in [0.15, 0.2) is 35.4 Å². The molecule has 0 fully saturated rings. The van der Waals surface area contributed by atoms with Crippen molar-refractivity contribution in [3.05, 3.63) is 35.9 Å². The monoisotopic (exact) mass is 242 g/mol. The fraction of sp³-hybridized carbons (Fsp3) is 0.500. The van der Waals surface area contributed by atoms with Gasteiger partial charge in [0.15, 0.2) is 0 Å². The summed E-state index contributed by atoms with van der Waals surface area (Å²) in [7, 11) is 0. The van der Waals surface area contributed by atoms with Gasteiger partial charge in [-0.2, -0.15) is 5.10 Å². The molecule has 90 valence electrons.